The lowest BCUT2D eigenvalue weighted by Gasteiger charge is -2.68. The smallest absolute Gasteiger partial charge is 0.338 e. The van der Waals surface area contributed by atoms with Gasteiger partial charge in [0.25, 0.3) is 5.91 Å². The van der Waals surface area contributed by atoms with Gasteiger partial charge in [-0.05, 0) is 73.0 Å². The summed E-state index contributed by atoms with van der Waals surface area (Å²) in [4.78, 5) is 71.5. The largest absolute Gasteiger partial charge is 0.456 e. The molecule has 7 rings (SSSR count). The van der Waals surface area contributed by atoms with Crippen molar-refractivity contribution in [2.45, 2.75) is 140 Å². The van der Waals surface area contributed by atoms with Crippen LogP contribution in [0.4, 0.5) is 0 Å². The quantitative estimate of drug-likeness (QED) is 0.0617. The second-order valence-corrected chi connectivity index (χ2v) is 23.8. The van der Waals surface area contributed by atoms with Crippen molar-refractivity contribution >= 4 is 37.9 Å². The van der Waals surface area contributed by atoms with Crippen LogP contribution in [0.2, 0.25) is 18.1 Å². The maximum absolute atomic E-state index is 15.8. The number of esters is 3. The van der Waals surface area contributed by atoms with Gasteiger partial charge in [0.15, 0.2) is 25.8 Å². The molecule has 4 N–H and O–H groups in total. The standard InChI is InChI=1S/C51H63NO13Si/c1-9-66(10-2,11-3)65-36-27-37-50(29-61-37,64-31(5)53)42-44(63-46(58)34-25-19-14-20-26-34)51(60)28-35(30(4)38(48(51,6)7)40(54)43(56)49(36,42)8)62-47(59)41(55)39(32-21-15-12-16-22-32)52-45(57)33-23-17-13-18-24-33/h12-26,35-37,39-42,44,54-55,60H,9-11,27-29H2,1-8H3,(H,52,57)/t35-,36?,37+,39-,40+,41+,42-,44-,49+,50-,51+/m0/s1. The highest BCUT2D eigenvalue weighted by Crippen LogP contribution is 2.65. The maximum Gasteiger partial charge on any atom is 0.338 e. The molecule has 3 aromatic carbocycles. The van der Waals surface area contributed by atoms with Gasteiger partial charge in [0.1, 0.15) is 30.0 Å². The molecule has 2 saturated carbocycles. The molecule has 15 heteroatoms. The van der Waals surface area contributed by atoms with E-state index in [4.69, 9.17) is 23.4 Å². The second kappa shape index (κ2) is 18.6. The summed E-state index contributed by atoms with van der Waals surface area (Å²) in [5.74, 6) is -5.41. The molecule has 4 aliphatic rings. The van der Waals surface area contributed by atoms with Gasteiger partial charge < -0.3 is 44.0 Å². The first-order valence-electron chi connectivity index (χ1n) is 23.0. The van der Waals surface area contributed by atoms with Crippen LogP contribution in [0, 0.1) is 16.7 Å². The van der Waals surface area contributed by atoms with Crippen molar-refractivity contribution in [3.05, 3.63) is 119 Å². The third-order valence-electron chi connectivity index (χ3n) is 15.5. The number of benzene rings is 3. The second-order valence-electron chi connectivity index (χ2n) is 19.1. The third kappa shape index (κ3) is 8.15. The number of nitrogens with one attached hydrogen (secondary N) is 1. The van der Waals surface area contributed by atoms with E-state index in [2.05, 4.69) is 5.32 Å². The monoisotopic (exact) mass is 925 g/mol. The van der Waals surface area contributed by atoms with E-state index in [9.17, 15) is 34.5 Å². The molecule has 0 radical (unpaired) electrons. The van der Waals surface area contributed by atoms with Crippen LogP contribution in [0.15, 0.2) is 102 Å². The van der Waals surface area contributed by atoms with Crippen molar-refractivity contribution < 1.29 is 62.7 Å². The molecule has 3 fully saturated rings. The number of rotatable bonds is 14. The SMILES string of the molecule is CC[Si](CC)(CC)OC1C[C@H]2OC[C@@]2(OC(C)=O)[C@H]2[C@H](OC(=O)c3ccccc3)[C@]3(O)C[C@H](OC(=O)[C@H](O)[C@@H](NC(=O)c4ccccc4)c4ccccc4)C(C)=C([C@@H](O)C(=O)[C@]12C)C3(C)C. The van der Waals surface area contributed by atoms with Crippen LogP contribution in [0.5, 0.6) is 0 Å². The van der Waals surface area contributed by atoms with Gasteiger partial charge >= 0.3 is 17.9 Å². The number of carbonyl (C=O) groups excluding carboxylic acids is 5. The number of aliphatic hydroxyl groups is 3. The van der Waals surface area contributed by atoms with Crippen molar-refractivity contribution in [3.63, 3.8) is 0 Å². The van der Waals surface area contributed by atoms with Crippen LogP contribution in [0.3, 0.4) is 0 Å². The Morgan fingerprint density at radius 1 is 0.864 bits per heavy atom. The van der Waals surface area contributed by atoms with Gasteiger partial charge in [-0.3, -0.25) is 14.4 Å². The zero-order valence-corrected chi connectivity index (χ0v) is 39.9. The molecular formula is C51H63NO13Si. The predicted molar refractivity (Wildman–Crippen MR) is 244 cm³/mol. The Bertz CT molecular complexity index is 2330. The Morgan fingerprint density at radius 3 is 1.95 bits per heavy atom. The highest BCUT2D eigenvalue weighted by atomic mass is 28.4. The molecule has 354 valence electrons. The van der Waals surface area contributed by atoms with Crippen LogP contribution >= 0.6 is 0 Å². The van der Waals surface area contributed by atoms with Crippen molar-refractivity contribution in [3.8, 4) is 0 Å². The summed E-state index contributed by atoms with van der Waals surface area (Å²) < 4.78 is 32.5. The van der Waals surface area contributed by atoms with Crippen molar-refractivity contribution in [1.29, 1.82) is 0 Å². The summed E-state index contributed by atoms with van der Waals surface area (Å²) in [5, 5.41) is 41.3. The Balaban J connectivity index is 1.39. The van der Waals surface area contributed by atoms with Gasteiger partial charge in [-0.1, -0.05) is 101 Å². The molecule has 1 saturated heterocycles. The topological polar surface area (TPSA) is 204 Å². The summed E-state index contributed by atoms with van der Waals surface area (Å²) >= 11 is 0. The summed E-state index contributed by atoms with van der Waals surface area (Å²) in [5.41, 5.74) is -6.28. The van der Waals surface area contributed by atoms with Crippen LogP contribution < -0.4 is 5.32 Å². The lowest BCUT2D eigenvalue weighted by molar-refractivity contribution is -0.344. The summed E-state index contributed by atoms with van der Waals surface area (Å²) in [6.07, 6.45) is -9.24. The van der Waals surface area contributed by atoms with Crippen molar-refractivity contribution in [2.75, 3.05) is 6.61 Å². The Morgan fingerprint density at radius 2 is 1.42 bits per heavy atom. The van der Waals surface area contributed by atoms with Crippen LogP contribution in [0.25, 0.3) is 0 Å². The van der Waals surface area contributed by atoms with Gasteiger partial charge in [-0.15, -0.1) is 0 Å². The zero-order chi connectivity index (χ0) is 48.0. The van der Waals surface area contributed by atoms with E-state index in [1.165, 1.54) is 6.92 Å². The van der Waals surface area contributed by atoms with Crippen molar-refractivity contribution in [2.24, 2.45) is 16.7 Å². The average Bonchev–Trinajstić information content (AvgIpc) is 3.31. The molecule has 0 spiro atoms. The first-order chi connectivity index (χ1) is 31.2. The number of hydrogen-bond acceptors (Lipinski definition) is 13. The Hall–Kier alpha value is -5.03. The number of Topliss-reactive ketones (excluding diaryl/α,β-unsaturated/α-hetero) is 1. The van der Waals surface area contributed by atoms with E-state index < -0.39 is 115 Å². The molecule has 3 aliphatic carbocycles. The minimum Gasteiger partial charge on any atom is -0.456 e. The lowest BCUT2D eigenvalue weighted by Crippen LogP contribution is -2.82. The summed E-state index contributed by atoms with van der Waals surface area (Å²) in [7, 11) is -2.58. The lowest BCUT2D eigenvalue weighted by atomic mass is 9.44. The number of carbonyl (C=O) groups is 5. The molecular weight excluding hydrogens is 863 g/mol. The molecule has 3 aromatic rings. The molecule has 2 bridgehead atoms. The van der Waals surface area contributed by atoms with Crippen molar-refractivity contribution in [1.82, 2.24) is 5.32 Å². The first-order valence-corrected chi connectivity index (χ1v) is 25.5. The van der Waals surface area contributed by atoms with E-state index >= 15 is 4.79 Å². The van der Waals surface area contributed by atoms with E-state index in [0.717, 1.165) is 0 Å². The fourth-order valence-corrected chi connectivity index (χ4v) is 14.3. The van der Waals surface area contributed by atoms with Gasteiger partial charge in [0.05, 0.1) is 35.6 Å². The van der Waals surface area contributed by atoms with E-state index in [-0.39, 0.29) is 35.3 Å². The number of amides is 1. The zero-order valence-electron chi connectivity index (χ0n) is 38.9. The van der Waals surface area contributed by atoms with Gasteiger partial charge in [-0.25, -0.2) is 9.59 Å². The highest BCUT2D eigenvalue weighted by Gasteiger charge is 2.78. The number of ketones is 1. The molecule has 1 heterocycles. The van der Waals surface area contributed by atoms with E-state index in [1.807, 2.05) is 20.8 Å². The fourth-order valence-electron chi connectivity index (χ4n) is 11.4. The van der Waals surface area contributed by atoms with Crippen LogP contribution in [-0.4, -0.2) is 108 Å². The van der Waals surface area contributed by atoms with E-state index in [0.29, 0.717) is 23.7 Å². The number of aliphatic hydroxyl groups excluding tert-OH is 2. The molecule has 1 aliphatic heterocycles. The molecule has 1 unspecified atom stereocenters. The number of fused-ring (bicyclic) bond motifs is 5. The molecule has 14 nitrogen and oxygen atoms in total. The summed E-state index contributed by atoms with van der Waals surface area (Å²) in [6, 6.07) is 25.6. The van der Waals surface area contributed by atoms with Gasteiger partial charge in [0, 0.05) is 30.7 Å². The fraction of sp³-hybridized carbons (Fsp3) is 0.510. The first kappa shape index (κ1) is 48.9. The molecule has 0 aromatic heterocycles. The minimum absolute atomic E-state index is 0.0308. The van der Waals surface area contributed by atoms with Gasteiger partial charge in [-0.2, -0.15) is 0 Å². The normalized spacial score (nSPS) is 31.0. The summed E-state index contributed by atoms with van der Waals surface area (Å²) in [6.45, 7) is 13.6. The molecule has 11 atom stereocenters. The minimum atomic E-state index is -2.58. The number of hydrogen-bond donors (Lipinski definition) is 4. The number of ether oxygens (including phenoxy) is 4. The van der Waals surface area contributed by atoms with Gasteiger partial charge in [0.2, 0.25) is 0 Å². The average molecular weight is 926 g/mol. The van der Waals surface area contributed by atoms with Crippen LogP contribution in [-0.2, 0) is 37.8 Å². The van der Waals surface area contributed by atoms with Crippen LogP contribution in [0.1, 0.15) is 101 Å². The van der Waals surface area contributed by atoms with E-state index in [1.54, 1.807) is 119 Å². The molecule has 66 heavy (non-hydrogen) atoms. The Kier molecular flexibility index (Phi) is 13.8. The Labute approximate surface area is 387 Å². The molecule has 1 amide bonds. The predicted octanol–water partition coefficient (Wildman–Crippen LogP) is 6.19. The maximum atomic E-state index is 15.8. The highest BCUT2D eigenvalue weighted by molar-refractivity contribution is 6.73. The third-order valence-corrected chi connectivity index (χ3v) is 20.2.